The maximum absolute atomic E-state index is 10.5. The smallest absolute Gasteiger partial charge is 0.332 e. The Morgan fingerprint density at radius 2 is 2.43 bits per heavy atom. The molecule has 0 radical (unpaired) electrons. The van der Waals surface area contributed by atoms with Crippen LogP contribution in [0.3, 0.4) is 0 Å². The summed E-state index contributed by atoms with van der Waals surface area (Å²) in [5.41, 5.74) is 8.39. The van der Waals surface area contributed by atoms with Gasteiger partial charge in [-0.15, -0.1) is 0 Å². The van der Waals surface area contributed by atoms with E-state index in [2.05, 4.69) is 24.4 Å². The third-order valence-electron chi connectivity index (χ3n) is 2.52. The van der Waals surface area contributed by atoms with Crippen molar-refractivity contribution >= 4 is 11.7 Å². The Hall–Kier alpha value is -1.06. The molecule has 0 aromatic heterocycles. The van der Waals surface area contributed by atoms with Gasteiger partial charge < -0.3 is 5.73 Å². The number of hydrogen-bond acceptors (Lipinski definition) is 2. The van der Waals surface area contributed by atoms with Gasteiger partial charge in [-0.1, -0.05) is 13.8 Å². The van der Waals surface area contributed by atoms with E-state index >= 15 is 0 Å². The van der Waals surface area contributed by atoms with Gasteiger partial charge in [-0.25, -0.2) is 10.2 Å². The molecule has 1 saturated carbocycles. The molecular weight excluding hydrogens is 178 g/mol. The summed E-state index contributed by atoms with van der Waals surface area (Å²) in [6, 6.07) is -0.576. The molecule has 3 N–H and O–H groups in total. The number of hydrogen-bond donors (Lipinski definition) is 2. The average Bonchev–Trinajstić information content (AvgIpc) is 2.47. The Labute approximate surface area is 84.9 Å². The molecule has 1 rings (SSSR count). The summed E-state index contributed by atoms with van der Waals surface area (Å²) in [7, 11) is 0. The zero-order chi connectivity index (χ0) is 10.6. The molecule has 1 aliphatic carbocycles. The quantitative estimate of drug-likeness (QED) is 0.666. The lowest BCUT2D eigenvalue weighted by Gasteiger charge is -2.13. The molecule has 1 fully saturated rings. The lowest BCUT2D eigenvalue weighted by atomic mass is 9.95. The Bertz CT molecular complexity index is 236. The molecule has 1 atom stereocenters. The summed E-state index contributed by atoms with van der Waals surface area (Å²) in [6.45, 7) is 4.41. The van der Waals surface area contributed by atoms with E-state index in [9.17, 15) is 4.79 Å². The standard InChI is InChI=1S/C10H19N3O/c1-7(2)6-8-4-3-5-9(8)12-13-10(11)14/h7-8H,3-6H2,1-2H3,(H3,11,13,14)/b12-9+. The number of nitrogens with two attached hydrogens (primary N) is 1. The fraction of sp³-hybridized carbons (Fsp3) is 0.800. The van der Waals surface area contributed by atoms with Crippen molar-refractivity contribution in [2.75, 3.05) is 0 Å². The third kappa shape index (κ3) is 3.36. The Kier molecular flexibility index (Phi) is 3.92. The molecule has 14 heavy (non-hydrogen) atoms. The lowest BCUT2D eigenvalue weighted by molar-refractivity contribution is 0.249. The van der Waals surface area contributed by atoms with Crippen molar-refractivity contribution in [1.29, 1.82) is 0 Å². The third-order valence-corrected chi connectivity index (χ3v) is 2.52. The average molecular weight is 197 g/mol. The van der Waals surface area contributed by atoms with Crippen molar-refractivity contribution in [1.82, 2.24) is 5.43 Å². The number of nitrogens with one attached hydrogen (secondary N) is 1. The van der Waals surface area contributed by atoms with Crippen LogP contribution in [-0.4, -0.2) is 11.7 Å². The second-order valence-electron chi connectivity index (χ2n) is 4.30. The molecule has 0 saturated heterocycles. The van der Waals surface area contributed by atoms with Crippen molar-refractivity contribution in [3.05, 3.63) is 0 Å². The van der Waals surface area contributed by atoms with Crippen LogP contribution < -0.4 is 11.2 Å². The van der Waals surface area contributed by atoms with Gasteiger partial charge in [0.15, 0.2) is 0 Å². The van der Waals surface area contributed by atoms with Crippen LogP contribution in [0.5, 0.6) is 0 Å². The predicted octanol–water partition coefficient (Wildman–Crippen LogP) is 1.86. The van der Waals surface area contributed by atoms with Gasteiger partial charge in [0, 0.05) is 5.71 Å². The molecule has 0 aromatic carbocycles. The molecule has 4 nitrogen and oxygen atoms in total. The van der Waals surface area contributed by atoms with E-state index in [1.54, 1.807) is 0 Å². The first kappa shape index (κ1) is 11.0. The molecule has 4 heteroatoms. The van der Waals surface area contributed by atoms with Crippen molar-refractivity contribution in [3.63, 3.8) is 0 Å². The number of hydrazone groups is 1. The number of carbonyl (C=O) groups excluding carboxylic acids is 1. The molecule has 0 bridgehead atoms. The Morgan fingerprint density at radius 3 is 3.00 bits per heavy atom. The predicted molar refractivity (Wildman–Crippen MR) is 57.0 cm³/mol. The van der Waals surface area contributed by atoms with Crippen molar-refractivity contribution < 1.29 is 4.79 Å². The van der Waals surface area contributed by atoms with Gasteiger partial charge in [0.1, 0.15) is 0 Å². The molecule has 1 aliphatic rings. The zero-order valence-electron chi connectivity index (χ0n) is 8.92. The maximum atomic E-state index is 10.5. The largest absolute Gasteiger partial charge is 0.350 e. The minimum absolute atomic E-state index is 0.543. The van der Waals surface area contributed by atoms with E-state index in [1.165, 1.54) is 12.8 Å². The van der Waals surface area contributed by atoms with Gasteiger partial charge in [-0.05, 0) is 37.5 Å². The van der Waals surface area contributed by atoms with E-state index < -0.39 is 6.03 Å². The molecule has 80 valence electrons. The summed E-state index contributed by atoms with van der Waals surface area (Å²) >= 11 is 0. The second-order valence-corrected chi connectivity index (χ2v) is 4.30. The number of amides is 2. The van der Waals surface area contributed by atoms with Gasteiger partial charge >= 0.3 is 6.03 Å². The van der Waals surface area contributed by atoms with Crippen LogP contribution in [-0.2, 0) is 0 Å². The summed E-state index contributed by atoms with van der Waals surface area (Å²) in [5.74, 6) is 1.22. The van der Waals surface area contributed by atoms with Crippen LogP contribution in [0.15, 0.2) is 5.10 Å². The lowest BCUT2D eigenvalue weighted by Crippen LogP contribution is -2.26. The summed E-state index contributed by atoms with van der Waals surface area (Å²) in [4.78, 5) is 10.5. The summed E-state index contributed by atoms with van der Waals surface area (Å²) < 4.78 is 0. The van der Waals surface area contributed by atoms with Crippen LogP contribution in [0.25, 0.3) is 0 Å². The number of primary amides is 1. The van der Waals surface area contributed by atoms with E-state index in [4.69, 9.17) is 5.73 Å². The monoisotopic (exact) mass is 197 g/mol. The van der Waals surface area contributed by atoms with Gasteiger partial charge in [0.05, 0.1) is 0 Å². The first-order chi connectivity index (χ1) is 6.59. The van der Waals surface area contributed by atoms with Crippen molar-refractivity contribution in [2.24, 2.45) is 22.7 Å². The zero-order valence-corrected chi connectivity index (χ0v) is 8.92. The number of urea groups is 1. The number of rotatable bonds is 3. The van der Waals surface area contributed by atoms with Crippen LogP contribution >= 0.6 is 0 Å². The minimum atomic E-state index is -0.576. The van der Waals surface area contributed by atoms with Gasteiger partial charge in [-0.2, -0.15) is 5.10 Å². The highest BCUT2D eigenvalue weighted by Gasteiger charge is 2.23. The van der Waals surface area contributed by atoms with E-state index in [0.717, 1.165) is 18.6 Å². The first-order valence-electron chi connectivity index (χ1n) is 5.21. The van der Waals surface area contributed by atoms with Crippen molar-refractivity contribution in [3.8, 4) is 0 Å². The van der Waals surface area contributed by atoms with E-state index in [1.807, 2.05) is 0 Å². The second kappa shape index (κ2) is 4.98. The van der Waals surface area contributed by atoms with Crippen LogP contribution in [0, 0.1) is 11.8 Å². The summed E-state index contributed by atoms with van der Waals surface area (Å²) in [6.07, 6.45) is 4.52. The van der Waals surface area contributed by atoms with Crippen LogP contribution in [0.2, 0.25) is 0 Å². The number of carbonyl (C=O) groups is 1. The minimum Gasteiger partial charge on any atom is -0.350 e. The molecule has 0 aliphatic heterocycles. The molecule has 0 aromatic rings. The topological polar surface area (TPSA) is 67.5 Å². The highest BCUT2D eigenvalue weighted by Crippen LogP contribution is 2.28. The fourth-order valence-corrected chi connectivity index (χ4v) is 2.00. The van der Waals surface area contributed by atoms with Gasteiger partial charge in [0.25, 0.3) is 0 Å². The number of nitrogens with zero attached hydrogens (tertiary/aromatic N) is 1. The molecular formula is C10H19N3O. The van der Waals surface area contributed by atoms with Crippen LogP contribution in [0.1, 0.15) is 39.5 Å². The van der Waals surface area contributed by atoms with E-state index in [-0.39, 0.29) is 0 Å². The van der Waals surface area contributed by atoms with Crippen LogP contribution in [0.4, 0.5) is 4.79 Å². The SMILES string of the molecule is CC(C)CC1CCC/C1=N\NC(N)=O. The first-order valence-corrected chi connectivity index (χ1v) is 5.21. The van der Waals surface area contributed by atoms with Gasteiger partial charge in [-0.3, -0.25) is 0 Å². The summed E-state index contributed by atoms with van der Waals surface area (Å²) in [5, 5.41) is 4.05. The van der Waals surface area contributed by atoms with E-state index in [0.29, 0.717) is 11.8 Å². The highest BCUT2D eigenvalue weighted by atomic mass is 16.2. The molecule has 0 heterocycles. The molecule has 1 unspecified atom stereocenters. The van der Waals surface area contributed by atoms with Gasteiger partial charge in [0.2, 0.25) is 0 Å². The fourth-order valence-electron chi connectivity index (χ4n) is 2.00. The molecule has 2 amide bonds. The Balaban J connectivity index is 2.50. The maximum Gasteiger partial charge on any atom is 0.332 e. The highest BCUT2D eigenvalue weighted by molar-refractivity contribution is 5.89. The Morgan fingerprint density at radius 1 is 1.71 bits per heavy atom. The van der Waals surface area contributed by atoms with Crippen molar-refractivity contribution in [2.45, 2.75) is 39.5 Å². The molecule has 0 spiro atoms. The normalized spacial score (nSPS) is 24.5.